The standard InChI is InChI=1S/C7H15N3O5S/c1-4(2)9-16(14,15)10-5(7(12)13)3-6(8)11/h4-5,9-10H,3H2,1-2H3,(H2,8,11)(H,12,13)/t5-/m1/s1. The van der Waals surface area contributed by atoms with Gasteiger partial charge in [0.2, 0.25) is 5.91 Å². The van der Waals surface area contributed by atoms with Crippen molar-refractivity contribution < 1.29 is 23.1 Å². The first-order valence-electron chi connectivity index (χ1n) is 4.44. The fourth-order valence-corrected chi connectivity index (χ4v) is 2.16. The van der Waals surface area contributed by atoms with E-state index in [1.165, 1.54) is 0 Å². The summed E-state index contributed by atoms with van der Waals surface area (Å²) in [5.74, 6) is -2.37. The van der Waals surface area contributed by atoms with Crippen LogP contribution in [0.4, 0.5) is 0 Å². The highest BCUT2D eigenvalue weighted by Gasteiger charge is 2.25. The number of hydrogen-bond acceptors (Lipinski definition) is 4. The van der Waals surface area contributed by atoms with Gasteiger partial charge in [-0.1, -0.05) is 0 Å². The molecular weight excluding hydrogens is 238 g/mol. The monoisotopic (exact) mass is 253 g/mol. The second kappa shape index (κ2) is 5.77. The van der Waals surface area contributed by atoms with E-state index in [4.69, 9.17) is 10.8 Å². The number of carbonyl (C=O) groups excluding carboxylic acids is 1. The fourth-order valence-electron chi connectivity index (χ4n) is 0.912. The van der Waals surface area contributed by atoms with Gasteiger partial charge in [-0.3, -0.25) is 9.59 Å². The molecule has 0 aliphatic rings. The Balaban J connectivity index is 4.63. The molecule has 0 heterocycles. The number of carboxylic acids is 1. The summed E-state index contributed by atoms with van der Waals surface area (Å²) in [5, 5.41) is 8.66. The quantitative estimate of drug-likeness (QED) is 0.421. The van der Waals surface area contributed by atoms with Crippen LogP contribution in [0.25, 0.3) is 0 Å². The molecule has 0 spiro atoms. The molecule has 0 aromatic carbocycles. The minimum absolute atomic E-state index is 0.388. The first-order chi connectivity index (χ1) is 7.14. The highest BCUT2D eigenvalue weighted by Crippen LogP contribution is 1.95. The zero-order chi connectivity index (χ0) is 12.9. The van der Waals surface area contributed by atoms with Crippen LogP contribution in [0.5, 0.6) is 0 Å². The summed E-state index contributed by atoms with van der Waals surface area (Å²) in [4.78, 5) is 21.2. The number of carbonyl (C=O) groups is 2. The van der Waals surface area contributed by atoms with Crippen molar-refractivity contribution >= 4 is 22.1 Å². The number of nitrogens with one attached hydrogen (secondary N) is 2. The second-order valence-electron chi connectivity index (χ2n) is 3.46. The van der Waals surface area contributed by atoms with E-state index in [1.54, 1.807) is 13.8 Å². The Labute approximate surface area is 93.4 Å². The van der Waals surface area contributed by atoms with Crippen molar-refractivity contribution in [2.75, 3.05) is 0 Å². The molecule has 0 aromatic heterocycles. The smallest absolute Gasteiger partial charge is 0.322 e. The van der Waals surface area contributed by atoms with E-state index in [2.05, 4.69) is 4.72 Å². The van der Waals surface area contributed by atoms with Gasteiger partial charge in [-0.15, -0.1) is 0 Å². The fraction of sp³-hybridized carbons (Fsp3) is 0.714. The maximum absolute atomic E-state index is 11.3. The molecule has 0 saturated carbocycles. The van der Waals surface area contributed by atoms with Crippen LogP contribution in [0.2, 0.25) is 0 Å². The molecule has 0 unspecified atom stereocenters. The van der Waals surface area contributed by atoms with Gasteiger partial charge >= 0.3 is 5.97 Å². The molecule has 0 aliphatic carbocycles. The summed E-state index contributed by atoms with van der Waals surface area (Å²) in [6.45, 7) is 3.15. The average molecular weight is 253 g/mol. The van der Waals surface area contributed by atoms with E-state index >= 15 is 0 Å². The lowest BCUT2D eigenvalue weighted by atomic mass is 10.2. The number of rotatable bonds is 7. The summed E-state index contributed by atoms with van der Waals surface area (Å²) in [5.41, 5.74) is 4.79. The van der Waals surface area contributed by atoms with Crippen molar-refractivity contribution in [3.63, 3.8) is 0 Å². The zero-order valence-corrected chi connectivity index (χ0v) is 9.74. The predicted octanol–water partition coefficient (Wildman–Crippen LogP) is -1.85. The number of hydrogen-bond donors (Lipinski definition) is 4. The Morgan fingerprint density at radius 1 is 1.31 bits per heavy atom. The molecule has 8 nitrogen and oxygen atoms in total. The predicted molar refractivity (Wildman–Crippen MR) is 55.6 cm³/mol. The molecule has 0 rings (SSSR count). The molecule has 0 aliphatic heterocycles. The molecule has 5 N–H and O–H groups in total. The Morgan fingerprint density at radius 3 is 2.12 bits per heavy atom. The number of aliphatic carboxylic acids is 1. The molecule has 0 bridgehead atoms. The van der Waals surface area contributed by atoms with E-state index in [1.807, 2.05) is 4.72 Å². The lowest BCUT2D eigenvalue weighted by Gasteiger charge is -2.15. The van der Waals surface area contributed by atoms with Gasteiger partial charge in [0, 0.05) is 6.04 Å². The molecule has 0 radical (unpaired) electrons. The molecule has 0 aromatic rings. The van der Waals surface area contributed by atoms with Crippen LogP contribution in [0.1, 0.15) is 20.3 Å². The maximum Gasteiger partial charge on any atom is 0.322 e. The van der Waals surface area contributed by atoms with E-state index < -0.39 is 34.5 Å². The van der Waals surface area contributed by atoms with E-state index in [0.29, 0.717) is 0 Å². The van der Waals surface area contributed by atoms with E-state index in [-0.39, 0.29) is 6.04 Å². The van der Waals surface area contributed by atoms with Crippen molar-refractivity contribution in [1.82, 2.24) is 9.44 Å². The van der Waals surface area contributed by atoms with Gasteiger partial charge < -0.3 is 10.8 Å². The van der Waals surface area contributed by atoms with Gasteiger partial charge in [-0.05, 0) is 13.8 Å². The van der Waals surface area contributed by atoms with Gasteiger partial charge in [-0.2, -0.15) is 17.9 Å². The molecule has 16 heavy (non-hydrogen) atoms. The third kappa shape index (κ3) is 6.32. The van der Waals surface area contributed by atoms with Gasteiger partial charge in [0.15, 0.2) is 0 Å². The number of nitrogens with two attached hydrogens (primary N) is 1. The van der Waals surface area contributed by atoms with Gasteiger partial charge in [0.05, 0.1) is 6.42 Å². The minimum Gasteiger partial charge on any atom is -0.480 e. The molecule has 94 valence electrons. The molecule has 0 fully saturated rings. The topological polar surface area (TPSA) is 139 Å². The third-order valence-electron chi connectivity index (χ3n) is 1.39. The lowest BCUT2D eigenvalue weighted by molar-refractivity contribution is -0.140. The largest absolute Gasteiger partial charge is 0.480 e. The Kier molecular flexibility index (Phi) is 5.35. The van der Waals surface area contributed by atoms with Crippen molar-refractivity contribution in [1.29, 1.82) is 0 Å². The van der Waals surface area contributed by atoms with Crippen LogP contribution in [-0.4, -0.2) is 37.5 Å². The minimum atomic E-state index is -3.96. The second-order valence-corrected chi connectivity index (χ2v) is 4.93. The SMILES string of the molecule is CC(C)NS(=O)(=O)N[C@H](CC(N)=O)C(=O)O. The van der Waals surface area contributed by atoms with Crippen LogP contribution in [0.15, 0.2) is 0 Å². The first kappa shape index (κ1) is 14.8. The van der Waals surface area contributed by atoms with E-state index in [9.17, 15) is 18.0 Å². The lowest BCUT2D eigenvalue weighted by Crippen LogP contribution is -2.49. The zero-order valence-electron chi connectivity index (χ0n) is 8.93. The molecule has 0 saturated heterocycles. The molecule has 1 amide bonds. The van der Waals surface area contributed by atoms with Crippen molar-refractivity contribution in [2.24, 2.45) is 5.73 Å². The van der Waals surface area contributed by atoms with Crippen molar-refractivity contribution in [2.45, 2.75) is 32.4 Å². The average Bonchev–Trinajstić information content (AvgIpc) is 1.98. The van der Waals surface area contributed by atoms with Crippen LogP contribution in [0, 0.1) is 0 Å². The van der Waals surface area contributed by atoms with Crippen molar-refractivity contribution in [3.8, 4) is 0 Å². The summed E-state index contributed by atoms with van der Waals surface area (Å²) in [6, 6.07) is -1.95. The van der Waals surface area contributed by atoms with Crippen molar-refractivity contribution in [3.05, 3.63) is 0 Å². The van der Waals surface area contributed by atoms with Gasteiger partial charge in [-0.25, -0.2) is 0 Å². The summed E-state index contributed by atoms with van der Waals surface area (Å²) >= 11 is 0. The molecule has 1 atom stereocenters. The third-order valence-corrected chi connectivity index (χ3v) is 2.77. The highest BCUT2D eigenvalue weighted by molar-refractivity contribution is 7.87. The highest BCUT2D eigenvalue weighted by atomic mass is 32.2. The van der Waals surface area contributed by atoms with Gasteiger partial charge in [0.1, 0.15) is 6.04 Å². The first-order valence-corrected chi connectivity index (χ1v) is 5.93. The number of carboxylic acid groups (broad SMARTS) is 1. The Hall–Kier alpha value is -1.19. The van der Waals surface area contributed by atoms with Crippen LogP contribution in [0.3, 0.4) is 0 Å². The Morgan fingerprint density at radius 2 is 1.81 bits per heavy atom. The summed E-state index contributed by atoms with van der Waals surface area (Å²) < 4.78 is 26.5. The summed E-state index contributed by atoms with van der Waals surface area (Å²) in [7, 11) is -3.96. The molecular formula is C7H15N3O5S. The molecule has 9 heteroatoms. The summed E-state index contributed by atoms with van der Waals surface area (Å²) in [6.07, 6.45) is -0.603. The number of amides is 1. The van der Waals surface area contributed by atoms with Crippen LogP contribution >= 0.6 is 0 Å². The van der Waals surface area contributed by atoms with Crippen LogP contribution in [-0.2, 0) is 19.8 Å². The normalized spacial score (nSPS) is 13.7. The van der Waals surface area contributed by atoms with E-state index in [0.717, 1.165) is 0 Å². The van der Waals surface area contributed by atoms with Crippen LogP contribution < -0.4 is 15.2 Å². The van der Waals surface area contributed by atoms with Gasteiger partial charge in [0.25, 0.3) is 10.2 Å². The maximum atomic E-state index is 11.3. The Bertz CT molecular complexity index is 364. The number of primary amides is 1.